The number of hydrogen-bond acceptors (Lipinski definition) is 2. The Hall–Kier alpha value is -2.16. The molecule has 0 saturated heterocycles. The summed E-state index contributed by atoms with van der Waals surface area (Å²) in [5, 5.41) is 0. The fourth-order valence-electron chi connectivity index (χ4n) is 1.75. The standard InChI is InChI=1S/C15H14FNO/c16-13-10-12(7-8-14(13)17)15(18)9-6-11-4-2-1-3-5-11/h1-5,7-8,10H,6,9,17H2. The molecule has 3 heteroatoms. The molecule has 2 aromatic rings. The van der Waals surface area contributed by atoms with Crippen LogP contribution in [0.3, 0.4) is 0 Å². The highest BCUT2D eigenvalue weighted by Crippen LogP contribution is 2.14. The van der Waals surface area contributed by atoms with Crippen LogP contribution in [0.1, 0.15) is 22.3 Å². The Kier molecular flexibility index (Phi) is 3.72. The molecule has 0 radical (unpaired) electrons. The summed E-state index contributed by atoms with van der Waals surface area (Å²) in [6, 6.07) is 13.9. The number of nitrogens with two attached hydrogens (primary N) is 1. The van der Waals surface area contributed by atoms with Crippen LogP contribution in [0.5, 0.6) is 0 Å². The van der Waals surface area contributed by atoms with Crippen LogP contribution in [0.2, 0.25) is 0 Å². The molecule has 0 aliphatic carbocycles. The molecule has 18 heavy (non-hydrogen) atoms. The zero-order valence-electron chi connectivity index (χ0n) is 9.90. The molecule has 0 aliphatic rings. The van der Waals surface area contributed by atoms with E-state index in [4.69, 9.17) is 5.73 Å². The Balaban J connectivity index is 2.02. The number of nitrogen functional groups attached to an aromatic ring is 1. The summed E-state index contributed by atoms with van der Waals surface area (Å²) < 4.78 is 13.2. The summed E-state index contributed by atoms with van der Waals surface area (Å²) in [7, 11) is 0. The Labute approximate surface area is 105 Å². The summed E-state index contributed by atoms with van der Waals surface area (Å²) in [5.74, 6) is -0.613. The van der Waals surface area contributed by atoms with Crippen molar-refractivity contribution >= 4 is 11.5 Å². The van der Waals surface area contributed by atoms with E-state index < -0.39 is 5.82 Å². The summed E-state index contributed by atoms with van der Waals surface area (Å²) in [4.78, 5) is 11.9. The van der Waals surface area contributed by atoms with E-state index in [1.807, 2.05) is 30.3 Å². The Morgan fingerprint density at radius 2 is 1.83 bits per heavy atom. The van der Waals surface area contributed by atoms with E-state index in [9.17, 15) is 9.18 Å². The van der Waals surface area contributed by atoms with Crippen LogP contribution in [0.25, 0.3) is 0 Å². The number of Topliss-reactive ketones (excluding diaryl/α,β-unsaturated/α-hetero) is 1. The Bertz CT molecular complexity index is 552. The number of carbonyl (C=O) groups is 1. The van der Waals surface area contributed by atoms with Crippen molar-refractivity contribution in [1.82, 2.24) is 0 Å². The Morgan fingerprint density at radius 1 is 1.11 bits per heavy atom. The highest BCUT2D eigenvalue weighted by atomic mass is 19.1. The molecule has 0 bridgehead atoms. The largest absolute Gasteiger partial charge is 0.396 e. The average molecular weight is 243 g/mol. The third-order valence-corrected chi connectivity index (χ3v) is 2.81. The molecule has 0 saturated carbocycles. The minimum absolute atomic E-state index is 0.0645. The maximum Gasteiger partial charge on any atom is 0.163 e. The molecule has 0 aromatic heterocycles. The van der Waals surface area contributed by atoms with E-state index in [0.29, 0.717) is 18.4 Å². The van der Waals surface area contributed by atoms with Crippen LogP contribution in [0.15, 0.2) is 48.5 Å². The van der Waals surface area contributed by atoms with Gasteiger partial charge in [0.1, 0.15) is 5.82 Å². The van der Waals surface area contributed by atoms with Gasteiger partial charge in [-0.2, -0.15) is 0 Å². The van der Waals surface area contributed by atoms with Crippen LogP contribution in [0.4, 0.5) is 10.1 Å². The number of hydrogen-bond donors (Lipinski definition) is 1. The lowest BCUT2D eigenvalue weighted by atomic mass is 10.0. The maximum absolute atomic E-state index is 13.2. The van der Waals surface area contributed by atoms with Gasteiger partial charge in [-0.25, -0.2) is 4.39 Å². The molecular weight excluding hydrogens is 229 g/mol. The van der Waals surface area contributed by atoms with Gasteiger partial charge in [0.2, 0.25) is 0 Å². The number of benzene rings is 2. The molecule has 0 aliphatic heterocycles. The molecular formula is C15H14FNO. The lowest BCUT2D eigenvalue weighted by Gasteiger charge is -2.03. The van der Waals surface area contributed by atoms with Gasteiger partial charge in [-0.3, -0.25) is 4.79 Å². The number of ketones is 1. The normalized spacial score (nSPS) is 10.3. The first-order valence-electron chi connectivity index (χ1n) is 5.79. The van der Waals surface area contributed by atoms with Crippen molar-refractivity contribution < 1.29 is 9.18 Å². The van der Waals surface area contributed by atoms with E-state index in [-0.39, 0.29) is 11.5 Å². The number of anilines is 1. The first-order chi connectivity index (χ1) is 8.66. The van der Waals surface area contributed by atoms with Crippen molar-refractivity contribution in [2.75, 3.05) is 5.73 Å². The lowest BCUT2D eigenvalue weighted by Crippen LogP contribution is -2.03. The Morgan fingerprint density at radius 3 is 2.50 bits per heavy atom. The van der Waals surface area contributed by atoms with Gasteiger partial charge in [-0.05, 0) is 30.2 Å². The predicted octanol–water partition coefficient (Wildman–Crippen LogP) is 3.22. The molecule has 2 N–H and O–H groups in total. The summed E-state index contributed by atoms with van der Waals surface area (Å²) in [6.45, 7) is 0. The summed E-state index contributed by atoms with van der Waals surface area (Å²) in [5.41, 5.74) is 6.90. The van der Waals surface area contributed by atoms with Gasteiger partial charge in [0.05, 0.1) is 5.69 Å². The molecule has 92 valence electrons. The van der Waals surface area contributed by atoms with E-state index in [0.717, 1.165) is 5.56 Å². The topological polar surface area (TPSA) is 43.1 Å². The number of carbonyl (C=O) groups excluding carboxylic acids is 1. The zero-order chi connectivity index (χ0) is 13.0. The molecule has 2 aromatic carbocycles. The maximum atomic E-state index is 13.2. The van der Waals surface area contributed by atoms with Gasteiger partial charge in [-0.15, -0.1) is 0 Å². The van der Waals surface area contributed by atoms with E-state index in [2.05, 4.69) is 0 Å². The minimum Gasteiger partial charge on any atom is -0.396 e. The second-order valence-corrected chi connectivity index (χ2v) is 4.15. The fourth-order valence-corrected chi connectivity index (χ4v) is 1.75. The van der Waals surface area contributed by atoms with Gasteiger partial charge in [-0.1, -0.05) is 30.3 Å². The molecule has 0 fully saturated rings. The van der Waals surface area contributed by atoms with Gasteiger partial charge in [0.15, 0.2) is 5.78 Å². The monoisotopic (exact) mass is 243 g/mol. The predicted molar refractivity (Wildman–Crippen MR) is 69.9 cm³/mol. The lowest BCUT2D eigenvalue weighted by molar-refractivity contribution is 0.0982. The molecule has 0 amide bonds. The average Bonchev–Trinajstić information content (AvgIpc) is 2.40. The third kappa shape index (κ3) is 2.94. The SMILES string of the molecule is Nc1ccc(C(=O)CCc2ccccc2)cc1F. The van der Waals surface area contributed by atoms with E-state index in [1.165, 1.54) is 12.1 Å². The van der Waals surface area contributed by atoms with Gasteiger partial charge in [0, 0.05) is 12.0 Å². The van der Waals surface area contributed by atoms with Crippen molar-refractivity contribution in [2.24, 2.45) is 0 Å². The van der Waals surface area contributed by atoms with Gasteiger partial charge >= 0.3 is 0 Å². The van der Waals surface area contributed by atoms with Crippen LogP contribution >= 0.6 is 0 Å². The van der Waals surface area contributed by atoms with Crippen molar-refractivity contribution in [3.8, 4) is 0 Å². The van der Waals surface area contributed by atoms with Gasteiger partial charge in [0.25, 0.3) is 0 Å². The van der Waals surface area contributed by atoms with Crippen LogP contribution in [-0.4, -0.2) is 5.78 Å². The summed E-state index contributed by atoms with van der Waals surface area (Å²) >= 11 is 0. The second-order valence-electron chi connectivity index (χ2n) is 4.15. The van der Waals surface area contributed by atoms with Crippen molar-refractivity contribution in [2.45, 2.75) is 12.8 Å². The second kappa shape index (κ2) is 5.45. The summed E-state index contributed by atoms with van der Waals surface area (Å²) in [6.07, 6.45) is 1.03. The van der Waals surface area contributed by atoms with Crippen LogP contribution < -0.4 is 5.73 Å². The zero-order valence-corrected chi connectivity index (χ0v) is 9.90. The van der Waals surface area contributed by atoms with Crippen molar-refractivity contribution in [1.29, 1.82) is 0 Å². The number of aryl methyl sites for hydroxylation is 1. The van der Waals surface area contributed by atoms with Crippen molar-refractivity contribution in [3.05, 3.63) is 65.5 Å². The fraction of sp³-hybridized carbons (Fsp3) is 0.133. The van der Waals surface area contributed by atoms with Crippen molar-refractivity contribution in [3.63, 3.8) is 0 Å². The van der Waals surface area contributed by atoms with Crippen LogP contribution in [-0.2, 0) is 6.42 Å². The number of halogens is 1. The van der Waals surface area contributed by atoms with Gasteiger partial charge < -0.3 is 5.73 Å². The molecule has 0 unspecified atom stereocenters. The van der Waals surface area contributed by atoms with Crippen LogP contribution in [0, 0.1) is 5.82 Å². The molecule has 0 heterocycles. The molecule has 2 rings (SSSR count). The number of rotatable bonds is 4. The van der Waals surface area contributed by atoms with E-state index in [1.54, 1.807) is 6.07 Å². The smallest absolute Gasteiger partial charge is 0.163 e. The molecule has 0 spiro atoms. The quantitative estimate of drug-likeness (QED) is 0.661. The van der Waals surface area contributed by atoms with E-state index >= 15 is 0 Å². The molecule has 0 atom stereocenters. The highest BCUT2D eigenvalue weighted by Gasteiger charge is 2.08. The molecule has 2 nitrogen and oxygen atoms in total. The highest BCUT2D eigenvalue weighted by molar-refractivity contribution is 5.96. The minimum atomic E-state index is -0.541. The first kappa shape index (κ1) is 12.3. The first-order valence-corrected chi connectivity index (χ1v) is 5.79. The third-order valence-electron chi connectivity index (χ3n) is 2.81.